The molecule has 0 aliphatic heterocycles. The van der Waals surface area contributed by atoms with Gasteiger partial charge in [-0.2, -0.15) is 0 Å². The molecular formula is C7H7N3O6. The van der Waals surface area contributed by atoms with Crippen molar-refractivity contribution in [1.82, 2.24) is 0 Å². The molecule has 1 atom stereocenters. The summed E-state index contributed by atoms with van der Waals surface area (Å²) in [5, 5.41) is 31.8. The zero-order valence-electron chi connectivity index (χ0n) is 8.15. The van der Waals surface area contributed by atoms with Crippen LogP contribution in [-0.2, 0) is 0 Å². The van der Waals surface area contributed by atoms with Gasteiger partial charge in [0.2, 0.25) is 0 Å². The molecule has 86 valence electrons. The third kappa shape index (κ3) is 1.74. The Balaban J connectivity index is 3.26. The minimum atomic E-state index is -1.91. The second kappa shape index (κ2) is 3.68. The molecule has 0 radical (unpaired) electrons. The van der Waals surface area contributed by atoms with Crippen LogP contribution in [0.15, 0.2) is 23.5 Å². The Morgan fingerprint density at radius 1 is 1.19 bits per heavy atom. The lowest BCUT2D eigenvalue weighted by Gasteiger charge is -2.18. The number of nitro groups is 3. The van der Waals surface area contributed by atoms with Crippen molar-refractivity contribution >= 4 is 0 Å². The number of rotatable bonds is 3. The quantitative estimate of drug-likeness (QED) is 0.518. The smallest absolute Gasteiger partial charge is 0.263 e. The highest BCUT2D eigenvalue weighted by molar-refractivity contribution is 5.26. The minimum Gasteiger partial charge on any atom is -0.263 e. The first kappa shape index (κ1) is 11.8. The van der Waals surface area contributed by atoms with Gasteiger partial charge in [-0.25, -0.2) is 0 Å². The van der Waals surface area contributed by atoms with Crippen molar-refractivity contribution in [2.45, 2.75) is 18.9 Å². The van der Waals surface area contributed by atoms with E-state index in [1.807, 2.05) is 0 Å². The van der Waals surface area contributed by atoms with E-state index in [4.69, 9.17) is 0 Å². The SMILES string of the molecule is CC1([N+](=O)[O-])CC=C([N+](=O)[O-])C=C1[N+](=O)[O-]. The molecule has 16 heavy (non-hydrogen) atoms. The van der Waals surface area contributed by atoms with Gasteiger partial charge in [-0.1, -0.05) is 0 Å². The summed E-state index contributed by atoms with van der Waals surface area (Å²) in [6, 6.07) is 0. The first-order chi connectivity index (χ1) is 7.29. The summed E-state index contributed by atoms with van der Waals surface area (Å²) < 4.78 is 0. The fraction of sp³-hybridized carbons (Fsp3) is 0.429. The zero-order valence-corrected chi connectivity index (χ0v) is 8.15. The van der Waals surface area contributed by atoms with Gasteiger partial charge in [0.05, 0.1) is 22.3 Å². The van der Waals surface area contributed by atoms with Gasteiger partial charge in [0.25, 0.3) is 5.70 Å². The second-order valence-electron chi connectivity index (χ2n) is 3.41. The van der Waals surface area contributed by atoms with E-state index in [2.05, 4.69) is 0 Å². The second-order valence-corrected chi connectivity index (χ2v) is 3.41. The Morgan fingerprint density at radius 3 is 2.12 bits per heavy atom. The van der Waals surface area contributed by atoms with E-state index in [1.165, 1.54) is 0 Å². The number of hydrogen-bond acceptors (Lipinski definition) is 6. The average Bonchev–Trinajstić information content (AvgIpc) is 2.17. The molecule has 1 unspecified atom stereocenters. The average molecular weight is 229 g/mol. The van der Waals surface area contributed by atoms with Gasteiger partial charge in [0, 0.05) is 17.9 Å². The molecule has 0 heterocycles. The molecule has 0 fully saturated rings. The van der Waals surface area contributed by atoms with Crippen molar-refractivity contribution in [2.75, 3.05) is 0 Å². The molecule has 0 saturated carbocycles. The summed E-state index contributed by atoms with van der Waals surface area (Å²) in [4.78, 5) is 29.2. The molecule has 1 aliphatic carbocycles. The maximum atomic E-state index is 10.7. The van der Waals surface area contributed by atoms with Gasteiger partial charge >= 0.3 is 11.2 Å². The molecule has 0 bridgehead atoms. The van der Waals surface area contributed by atoms with Gasteiger partial charge in [-0.05, 0) is 0 Å². The highest BCUT2D eigenvalue weighted by atomic mass is 16.6. The number of allylic oxidation sites excluding steroid dienone is 1. The number of hydrogen-bond donors (Lipinski definition) is 0. The molecule has 0 aromatic heterocycles. The van der Waals surface area contributed by atoms with Crippen molar-refractivity contribution in [3.05, 3.63) is 53.9 Å². The van der Waals surface area contributed by atoms with E-state index in [-0.39, 0.29) is 6.42 Å². The Hall–Kier alpha value is -2.32. The van der Waals surface area contributed by atoms with E-state index >= 15 is 0 Å². The molecule has 0 spiro atoms. The summed E-state index contributed by atoms with van der Waals surface area (Å²) in [5.74, 6) is 0. The lowest BCUT2D eigenvalue weighted by Crippen LogP contribution is -2.41. The monoisotopic (exact) mass is 229 g/mol. The van der Waals surface area contributed by atoms with E-state index in [0.29, 0.717) is 6.08 Å². The highest BCUT2D eigenvalue weighted by Gasteiger charge is 2.52. The van der Waals surface area contributed by atoms with Crippen molar-refractivity contribution < 1.29 is 14.8 Å². The third-order valence-corrected chi connectivity index (χ3v) is 2.36. The van der Waals surface area contributed by atoms with Crippen molar-refractivity contribution in [3.8, 4) is 0 Å². The predicted octanol–water partition coefficient (Wildman–Crippen LogP) is 0.747. The van der Waals surface area contributed by atoms with Crippen LogP contribution in [-0.4, -0.2) is 20.3 Å². The van der Waals surface area contributed by atoms with Gasteiger partial charge in [-0.15, -0.1) is 0 Å². The Kier molecular flexibility index (Phi) is 2.70. The van der Waals surface area contributed by atoms with Gasteiger partial charge < -0.3 is 0 Å². The molecule has 0 aromatic rings. The highest BCUT2D eigenvalue weighted by Crippen LogP contribution is 2.31. The molecule has 1 rings (SSSR count). The lowest BCUT2D eigenvalue weighted by atomic mass is 9.89. The predicted molar refractivity (Wildman–Crippen MR) is 50.2 cm³/mol. The Morgan fingerprint density at radius 2 is 1.75 bits per heavy atom. The Bertz CT molecular complexity index is 439. The van der Waals surface area contributed by atoms with Crippen LogP contribution in [0.3, 0.4) is 0 Å². The van der Waals surface area contributed by atoms with E-state index in [9.17, 15) is 30.3 Å². The Labute approximate surface area is 88.5 Å². The molecule has 1 aliphatic rings. The standard InChI is InChI=1S/C7H7N3O6/c1-7(10(15)16)3-2-5(8(11)12)4-6(7)9(13)14/h2,4H,3H2,1H3. The topological polar surface area (TPSA) is 129 Å². The molecule has 0 N–H and O–H groups in total. The first-order valence-electron chi connectivity index (χ1n) is 4.14. The first-order valence-corrected chi connectivity index (χ1v) is 4.14. The van der Waals surface area contributed by atoms with Gasteiger partial charge in [-0.3, -0.25) is 30.3 Å². The van der Waals surface area contributed by atoms with Crippen molar-refractivity contribution in [3.63, 3.8) is 0 Å². The summed E-state index contributed by atoms with van der Waals surface area (Å²) in [6.45, 7) is 1.06. The largest absolute Gasteiger partial charge is 0.329 e. The van der Waals surface area contributed by atoms with Gasteiger partial charge in [0.1, 0.15) is 0 Å². The van der Waals surface area contributed by atoms with Crippen LogP contribution in [0, 0.1) is 30.3 Å². The van der Waals surface area contributed by atoms with E-state index in [1.54, 1.807) is 0 Å². The molecule has 0 aromatic carbocycles. The molecule has 9 heteroatoms. The molecule has 0 amide bonds. The fourth-order valence-corrected chi connectivity index (χ4v) is 1.31. The van der Waals surface area contributed by atoms with Crippen molar-refractivity contribution in [1.29, 1.82) is 0 Å². The summed E-state index contributed by atoms with van der Waals surface area (Å²) in [5.41, 5.74) is -3.18. The summed E-state index contributed by atoms with van der Waals surface area (Å²) in [7, 11) is 0. The molecular weight excluding hydrogens is 222 g/mol. The summed E-state index contributed by atoms with van der Waals surface area (Å²) in [6.07, 6.45) is 1.27. The minimum absolute atomic E-state index is 0.372. The van der Waals surface area contributed by atoms with Crippen LogP contribution in [0.5, 0.6) is 0 Å². The number of nitrogens with zero attached hydrogens (tertiary/aromatic N) is 3. The van der Waals surface area contributed by atoms with Crippen LogP contribution in [0.25, 0.3) is 0 Å². The van der Waals surface area contributed by atoms with Gasteiger partial charge in [0.15, 0.2) is 0 Å². The maximum Gasteiger partial charge on any atom is 0.329 e. The third-order valence-electron chi connectivity index (χ3n) is 2.36. The lowest BCUT2D eigenvalue weighted by molar-refractivity contribution is -0.593. The maximum absolute atomic E-state index is 10.7. The summed E-state index contributed by atoms with van der Waals surface area (Å²) >= 11 is 0. The van der Waals surface area contributed by atoms with Crippen LogP contribution < -0.4 is 0 Å². The van der Waals surface area contributed by atoms with Crippen LogP contribution in [0.1, 0.15) is 13.3 Å². The van der Waals surface area contributed by atoms with Crippen molar-refractivity contribution in [2.24, 2.45) is 0 Å². The van der Waals surface area contributed by atoms with E-state index < -0.39 is 31.7 Å². The van der Waals surface area contributed by atoms with Crippen LogP contribution in [0.4, 0.5) is 0 Å². The molecule has 9 nitrogen and oxygen atoms in total. The molecule has 0 saturated heterocycles. The fourth-order valence-electron chi connectivity index (χ4n) is 1.31. The normalized spacial score (nSPS) is 24.3. The zero-order chi connectivity index (χ0) is 12.5. The van der Waals surface area contributed by atoms with E-state index in [0.717, 1.165) is 13.0 Å². The van der Waals surface area contributed by atoms with Crippen LogP contribution >= 0.6 is 0 Å². The van der Waals surface area contributed by atoms with Crippen LogP contribution in [0.2, 0.25) is 0 Å².